The predicted octanol–water partition coefficient (Wildman–Crippen LogP) is 2.88. The topological polar surface area (TPSA) is 47.0 Å². The van der Waals surface area contributed by atoms with E-state index >= 15 is 0 Å². The fraction of sp³-hybridized carbons (Fsp3) is 0.429. The number of nitrogens with one attached hydrogen (secondary N) is 1. The molecule has 1 N–H and O–H groups in total. The third-order valence-electron chi connectivity index (χ3n) is 3.26. The lowest BCUT2D eigenvalue weighted by molar-refractivity contribution is 0.237. The van der Waals surface area contributed by atoms with Gasteiger partial charge in [0.1, 0.15) is 10.8 Å². The molecule has 0 bridgehead atoms. The number of ether oxygens (including phenoxy) is 1. The molecule has 4 nitrogen and oxygen atoms in total. The second-order valence-electron chi connectivity index (χ2n) is 4.68. The summed E-state index contributed by atoms with van der Waals surface area (Å²) in [5.41, 5.74) is 1.25. The molecule has 5 heteroatoms. The molecule has 0 fully saturated rings. The molecule has 0 spiro atoms. The lowest BCUT2D eigenvalue weighted by Crippen LogP contribution is -2.17. The van der Waals surface area contributed by atoms with Crippen LogP contribution in [-0.4, -0.2) is 16.7 Å². The van der Waals surface area contributed by atoms with Crippen molar-refractivity contribution in [1.82, 2.24) is 15.5 Å². The lowest BCUT2D eigenvalue weighted by atomic mass is 10.1. The number of hydrogen-bond acceptors (Lipinski definition) is 5. The van der Waals surface area contributed by atoms with Gasteiger partial charge in [0.05, 0.1) is 6.04 Å². The Balaban J connectivity index is 1.75. The van der Waals surface area contributed by atoms with Gasteiger partial charge in [-0.3, -0.25) is 0 Å². The summed E-state index contributed by atoms with van der Waals surface area (Å²) in [6.07, 6.45) is 0.915. The Bertz CT molecular complexity index is 544. The predicted molar refractivity (Wildman–Crippen MR) is 75.5 cm³/mol. The number of aromatic nitrogens is 2. The van der Waals surface area contributed by atoms with E-state index in [1.54, 1.807) is 11.3 Å². The van der Waals surface area contributed by atoms with Gasteiger partial charge < -0.3 is 10.1 Å². The largest absolute Gasteiger partial charge is 0.483 e. The minimum atomic E-state index is 0.0254. The maximum Gasteiger partial charge on any atom is 0.158 e. The average molecular weight is 275 g/mol. The van der Waals surface area contributed by atoms with Crippen molar-refractivity contribution in [1.29, 1.82) is 0 Å². The first kappa shape index (κ1) is 12.6. The Morgan fingerprint density at radius 1 is 1.42 bits per heavy atom. The quantitative estimate of drug-likeness (QED) is 0.932. The zero-order valence-electron chi connectivity index (χ0n) is 11.1. The van der Waals surface area contributed by atoms with E-state index in [4.69, 9.17) is 4.74 Å². The smallest absolute Gasteiger partial charge is 0.158 e. The maximum absolute atomic E-state index is 5.93. The van der Waals surface area contributed by atoms with Gasteiger partial charge in [0.15, 0.2) is 11.1 Å². The van der Waals surface area contributed by atoms with Gasteiger partial charge in [-0.2, -0.15) is 0 Å². The van der Waals surface area contributed by atoms with E-state index in [-0.39, 0.29) is 12.1 Å². The zero-order valence-corrected chi connectivity index (χ0v) is 11.9. The van der Waals surface area contributed by atoms with Gasteiger partial charge in [0.25, 0.3) is 0 Å². The summed E-state index contributed by atoms with van der Waals surface area (Å²) in [5, 5.41) is 13.9. The molecule has 2 aromatic rings. The van der Waals surface area contributed by atoms with Gasteiger partial charge in [0, 0.05) is 6.42 Å². The highest BCUT2D eigenvalue weighted by Crippen LogP contribution is 2.37. The molecule has 2 atom stereocenters. The van der Waals surface area contributed by atoms with E-state index in [0.717, 1.165) is 28.7 Å². The second kappa shape index (κ2) is 5.27. The van der Waals surface area contributed by atoms with Crippen molar-refractivity contribution in [3.8, 4) is 5.75 Å². The summed E-state index contributed by atoms with van der Waals surface area (Å²) in [4.78, 5) is 0. The summed E-state index contributed by atoms with van der Waals surface area (Å²) in [5.74, 6) is 0.976. The average Bonchev–Trinajstić information content (AvgIpc) is 3.05. The first-order valence-electron chi connectivity index (χ1n) is 6.59. The standard InChI is InChI=1S/C14H17N3OS/c1-3-15-9(2)13-16-17-14(19-13)12-8-10-6-4-5-7-11(10)18-12/h4-7,9,12,15H,3,8H2,1-2H3. The van der Waals surface area contributed by atoms with Crippen molar-refractivity contribution in [2.75, 3.05) is 6.54 Å². The van der Waals surface area contributed by atoms with E-state index in [0.29, 0.717) is 0 Å². The van der Waals surface area contributed by atoms with Crippen LogP contribution in [0, 0.1) is 0 Å². The molecular formula is C14H17N3OS. The van der Waals surface area contributed by atoms with Crippen LogP contribution < -0.4 is 10.1 Å². The monoisotopic (exact) mass is 275 g/mol. The highest BCUT2D eigenvalue weighted by molar-refractivity contribution is 7.11. The third kappa shape index (κ3) is 2.48. The van der Waals surface area contributed by atoms with Crippen molar-refractivity contribution < 1.29 is 4.74 Å². The molecule has 0 aliphatic carbocycles. The van der Waals surface area contributed by atoms with Crippen LogP contribution in [0.4, 0.5) is 0 Å². The van der Waals surface area contributed by atoms with Crippen LogP contribution >= 0.6 is 11.3 Å². The molecule has 1 aromatic carbocycles. The van der Waals surface area contributed by atoms with Crippen LogP contribution in [0.3, 0.4) is 0 Å². The van der Waals surface area contributed by atoms with Crippen LogP contribution in [-0.2, 0) is 6.42 Å². The van der Waals surface area contributed by atoms with E-state index in [1.165, 1.54) is 5.56 Å². The zero-order chi connectivity index (χ0) is 13.2. The van der Waals surface area contributed by atoms with Crippen molar-refractivity contribution >= 4 is 11.3 Å². The van der Waals surface area contributed by atoms with Crippen molar-refractivity contribution in [2.24, 2.45) is 0 Å². The highest BCUT2D eigenvalue weighted by atomic mass is 32.1. The molecule has 19 heavy (non-hydrogen) atoms. The molecule has 2 heterocycles. The molecule has 1 aliphatic heterocycles. The van der Waals surface area contributed by atoms with Crippen LogP contribution in [0.1, 0.15) is 41.6 Å². The van der Waals surface area contributed by atoms with Crippen LogP contribution in [0.15, 0.2) is 24.3 Å². The molecule has 1 aromatic heterocycles. The number of nitrogens with zero attached hydrogens (tertiary/aromatic N) is 2. The van der Waals surface area contributed by atoms with Gasteiger partial charge in [0.2, 0.25) is 0 Å². The molecular weight excluding hydrogens is 258 g/mol. The van der Waals surface area contributed by atoms with Gasteiger partial charge >= 0.3 is 0 Å². The summed E-state index contributed by atoms with van der Waals surface area (Å²) >= 11 is 1.64. The highest BCUT2D eigenvalue weighted by Gasteiger charge is 2.27. The van der Waals surface area contributed by atoms with E-state index < -0.39 is 0 Å². The first-order chi connectivity index (χ1) is 9.28. The molecule has 1 aliphatic rings. The third-order valence-corrected chi connectivity index (χ3v) is 4.46. The Morgan fingerprint density at radius 3 is 3.05 bits per heavy atom. The van der Waals surface area contributed by atoms with Crippen molar-refractivity contribution in [3.05, 3.63) is 39.8 Å². The summed E-state index contributed by atoms with van der Waals surface area (Å²) in [6.45, 7) is 5.13. The summed E-state index contributed by atoms with van der Waals surface area (Å²) in [6, 6.07) is 8.42. The first-order valence-corrected chi connectivity index (χ1v) is 7.40. The van der Waals surface area contributed by atoms with E-state index in [1.807, 2.05) is 18.2 Å². The molecule has 0 saturated heterocycles. The van der Waals surface area contributed by atoms with E-state index in [9.17, 15) is 0 Å². The second-order valence-corrected chi connectivity index (χ2v) is 5.72. The summed E-state index contributed by atoms with van der Waals surface area (Å²) in [7, 11) is 0. The van der Waals surface area contributed by atoms with Crippen molar-refractivity contribution in [3.63, 3.8) is 0 Å². The Hall–Kier alpha value is -1.46. The molecule has 0 radical (unpaired) electrons. The molecule has 0 amide bonds. The van der Waals surface area contributed by atoms with Crippen LogP contribution in [0.2, 0.25) is 0 Å². The molecule has 0 saturated carbocycles. The van der Waals surface area contributed by atoms with Gasteiger partial charge in [-0.25, -0.2) is 0 Å². The minimum absolute atomic E-state index is 0.0254. The fourth-order valence-electron chi connectivity index (χ4n) is 2.26. The Labute approximate surface area is 116 Å². The van der Waals surface area contributed by atoms with Gasteiger partial charge in [-0.05, 0) is 25.1 Å². The SMILES string of the molecule is CCNC(C)c1nnc(C2Cc3ccccc3O2)s1. The normalized spacial score (nSPS) is 18.9. The van der Waals surface area contributed by atoms with Gasteiger partial charge in [-0.1, -0.05) is 36.5 Å². The summed E-state index contributed by atoms with van der Waals surface area (Å²) < 4.78 is 5.93. The van der Waals surface area contributed by atoms with Crippen molar-refractivity contribution in [2.45, 2.75) is 32.4 Å². The van der Waals surface area contributed by atoms with Gasteiger partial charge in [-0.15, -0.1) is 10.2 Å². The minimum Gasteiger partial charge on any atom is -0.483 e. The Kier molecular flexibility index (Phi) is 3.48. The molecule has 2 unspecified atom stereocenters. The number of fused-ring (bicyclic) bond motifs is 1. The number of benzene rings is 1. The van der Waals surface area contributed by atoms with E-state index in [2.05, 4.69) is 35.4 Å². The van der Waals surface area contributed by atoms with Crippen LogP contribution in [0.5, 0.6) is 5.75 Å². The van der Waals surface area contributed by atoms with Crippen LogP contribution in [0.25, 0.3) is 0 Å². The fourth-order valence-corrected chi connectivity index (χ4v) is 3.17. The lowest BCUT2D eigenvalue weighted by Gasteiger charge is -2.07. The number of para-hydroxylation sites is 1. The molecule has 100 valence electrons. The number of rotatable bonds is 4. The Morgan fingerprint density at radius 2 is 2.26 bits per heavy atom. The maximum atomic E-state index is 5.93. The molecule has 3 rings (SSSR count). The number of hydrogen-bond donors (Lipinski definition) is 1.